The van der Waals surface area contributed by atoms with E-state index in [0.29, 0.717) is 11.2 Å². The van der Waals surface area contributed by atoms with Crippen LogP contribution in [0.15, 0.2) is 59.5 Å². The third kappa shape index (κ3) is 4.25. The van der Waals surface area contributed by atoms with Crippen molar-refractivity contribution in [2.45, 2.75) is 17.9 Å². The number of benzene rings is 2. The molecule has 140 valence electrons. The molecule has 1 N–H and O–H groups in total. The lowest BCUT2D eigenvalue weighted by Crippen LogP contribution is -2.27. The summed E-state index contributed by atoms with van der Waals surface area (Å²) in [6, 6.07) is 15.1. The van der Waals surface area contributed by atoms with Crippen LogP contribution in [0.5, 0.6) is 5.75 Å². The Balaban J connectivity index is 1.77. The lowest BCUT2D eigenvalue weighted by molar-refractivity contribution is 0.0935. The minimum absolute atomic E-state index is 0.247. The van der Waals surface area contributed by atoms with E-state index in [2.05, 4.69) is 10.3 Å². The zero-order chi connectivity index (χ0) is 19.6. The summed E-state index contributed by atoms with van der Waals surface area (Å²) in [4.78, 5) is 17.2. The van der Waals surface area contributed by atoms with Gasteiger partial charge in [0.15, 0.2) is 9.84 Å². The molecule has 27 heavy (non-hydrogen) atoms. The molecular weight excluding hydrogens is 364 g/mol. The zero-order valence-electron chi connectivity index (χ0n) is 15.3. The van der Waals surface area contributed by atoms with Gasteiger partial charge in [-0.25, -0.2) is 13.4 Å². The van der Waals surface area contributed by atoms with Gasteiger partial charge in [-0.05, 0) is 48.9 Å². The highest BCUT2D eigenvalue weighted by atomic mass is 32.2. The van der Waals surface area contributed by atoms with Gasteiger partial charge in [0.2, 0.25) is 0 Å². The van der Waals surface area contributed by atoms with Crippen molar-refractivity contribution in [2.75, 3.05) is 13.4 Å². The van der Waals surface area contributed by atoms with Crippen LogP contribution < -0.4 is 10.1 Å². The number of amides is 1. The number of pyridine rings is 1. The van der Waals surface area contributed by atoms with E-state index in [1.54, 1.807) is 37.4 Å². The van der Waals surface area contributed by atoms with Crippen LogP contribution in [-0.2, 0) is 9.84 Å². The first-order valence-corrected chi connectivity index (χ1v) is 10.2. The molecule has 0 aliphatic rings. The van der Waals surface area contributed by atoms with Crippen molar-refractivity contribution in [3.8, 4) is 5.75 Å². The van der Waals surface area contributed by atoms with Gasteiger partial charge in [0.05, 0.1) is 23.6 Å². The van der Waals surface area contributed by atoms with Crippen LogP contribution in [0.25, 0.3) is 10.9 Å². The fourth-order valence-corrected chi connectivity index (χ4v) is 3.35. The Hall–Kier alpha value is -2.93. The molecule has 0 spiro atoms. The Morgan fingerprint density at radius 1 is 1.07 bits per heavy atom. The Bertz CT molecular complexity index is 1090. The second-order valence-corrected chi connectivity index (χ2v) is 8.31. The molecule has 0 aliphatic carbocycles. The number of carbonyl (C=O) groups is 1. The van der Waals surface area contributed by atoms with E-state index in [9.17, 15) is 13.2 Å². The van der Waals surface area contributed by atoms with Crippen LogP contribution in [0.1, 0.15) is 29.0 Å². The average Bonchev–Trinajstić information content (AvgIpc) is 2.66. The quantitative estimate of drug-likeness (QED) is 0.730. The number of nitrogens with one attached hydrogen (secondary N) is 1. The molecular formula is C20H20N2O4S. The summed E-state index contributed by atoms with van der Waals surface area (Å²) in [7, 11) is -1.65. The molecule has 1 unspecified atom stereocenters. The summed E-state index contributed by atoms with van der Waals surface area (Å²) in [5.74, 6) is 0.431. The number of methoxy groups -OCH3 is 1. The number of fused-ring (bicyclic) bond motifs is 1. The SMILES string of the molecule is COc1ccc2nc(C(=O)NC(C)c3ccc(S(C)(=O)=O)cc3)ccc2c1. The predicted octanol–water partition coefficient (Wildman–Crippen LogP) is 3.14. The summed E-state index contributed by atoms with van der Waals surface area (Å²) in [5.41, 5.74) is 1.82. The molecule has 1 heterocycles. The van der Waals surface area contributed by atoms with E-state index >= 15 is 0 Å². The molecule has 1 atom stereocenters. The molecule has 0 saturated heterocycles. The van der Waals surface area contributed by atoms with E-state index < -0.39 is 9.84 Å². The van der Waals surface area contributed by atoms with Crippen molar-refractivity contribution in [1.82, 2.24) is 10.3 Å². The number of aromatic nitrogens is 1. The van der Waals surface area contributed by atoms with Gasteiger partial charge in [-0.2, -0.15) is 0 Å². The number of ether oxygens (including phenoxy) is 1. The molecule has 1 amide bonds. The molecule has 2 aromatic carbocycles. The van der Waals surface area contributed by atoms with Gasteiger partial charge in [-0.3, -0.25) is 4.79 Å². The number of rotatable bonds is 5. The third-order valence-electron chi connectivity index (χ3n) is 4.28. The fraction of sp³-hybridized carbons (Fsp3) is 0.200. The van der Waals surface area contributed by atoms with Gasteiger partial charge in [-0.15, -0.1) is 0 Å². The number of carbonyl (C=O) groups excluding carboxylic acids is 1. The Labute approximate surface area is 158 Å². The minimum atomic E-state index is -3.24. The second kappa shape index (κ2) is 7.36. The van der Waals surface area contributed by atoms with Gasteiger partial charge in [0.1, 0.15) is 11.4 Å². The first-order valence-electron chi connectivity index (χ1n) is 8.33. The van der Waals surface area contributed by atoms with E-state index in [1.807, 2.05) is 19.1 Å². The van der Waals surface area contributed by atoms with Crippen molar-refractivity contribution in [2.24, 2.45) is 0 Å². The van der Waals surface area contributed by atoms with E-state index in [-0.39, 0.29) is 16.8 Å². The highest BCUT2D eigenvalue weighted by Gasteiger charge is 2.14. The van der Waals surface area contributed by atoms with Crippen LogP contribution in [0.2, 0.25) is 0 Å². The van der Waals surface area contributed by atoms with Crippen LogP contribution in [0, 0.1) is 0 Å². The van der Waals surface area contributed by atoms with Gasteiger partial charge in [-0.1, -0.05) is 18.2 Å². The van der Waals surface area contributed by atoms with Crippen LogP contribution in [-0.4, -0.2) is 32.7 Å². The lowest BCUT2D eigenvalue weighted by atomic mass is 10.1. The smallest absolute Gasteiger partial charge is 0.270 e. The topological polar surface area (TPSA) is 85.4 Å². The van der Waals surface area contributed by atoms with Crippen molar-refractivity contribution in [1.29, 1.82) is 0 Å². The second-order valence-electron chi connectivity index (χ2n) is 6.29. The van der Waals surface area contributed by atoms with Gasteiger partial charge in [0, 0.05) is 11.6 Å². The molecule has 0 radical (unpaired) electrons. The molecule has 7 heteroatoms. The largest absolute Gasteiger partial charge is 0.497 e. The maximum absolute atomic E-state index is 12.5. The summed E-state index contributed by atoms with van der Waals surface area (Å²) in [5, 5.41) is 3.77. The summed E-state index contributed by atoms with van der Waals surface area (Å²) in [6.07, 6.45) is 1.16. The zero-order valence-corrected chi connectivity index (χ0v) is 16.1. The van der Waals surface area contributed by atoms with Crippen molar-refractivity contribution >= 4 is 26.6 Å². The van der Waals surface area contributed by atoms with Gasteiger partial charge >= 0.3 is 0 Å². The summed E-state index contributed by atoms with van der Waals surface area (Å²) in [6.45, 7) is 1.83. The lowest BCUT2D eigenvalue weighted by Gasteiger charge is -2.14. The van der Waals surface area contributed by atoms with Crippen LogP contribution >= 0.6 is 0 Å². The van der Waals surface area contributed by atoms with Crippen molar-refractivity contribution in [3.05, 3.63) is 65.9 Å². The molecule has 1 aromatic heterocycles. The molecule has 0 saturated carbocycles. The first-order chi connectivity index (χ1) is 12.8. The molecule has 6 nitrogen and oxygen atoms in total. The molecule has 0 aliphatic heterocycles. The van der Waals surface area contributed by atoms with Crippen LogP contribution in [0.4, 0.5) is 0 Å². The number of hydrogen-bond acceptors (Lipinski definition) is 5. The maximum atomic E-state index is 12.5. The Kier molecular flexibility index (Phi) is 5.14. The van der Waals surface area contributed by atoms with Crippen molar-refractivity contribution < 1.29 is 17.9 Å². The molecule has 3 aromatic rings. The summed E-state index contributed by atoms with van der Waals surface area (Å²) < 4.78 is 28.3. The third-order valence-corrected chi connectivity index (χ3v) is 5.41. The predicted molar refractivity (Wildman–Crippen MR) is 104 cm³/mol. The Morgan fingerprint density at radius 2 is 1.78 bits per heavy atom. The highest BCUT2D eigenvalue weighted by Crippen LogP contribution is 2.20. The number of sulfone groups is 1. The fourth-order valence-electron chi connectivity index (χ4n) is 2.71. The highest BCUT2D eigenvalue weighted by molar-refractivity contribution is 7.90. The van der Waals surface area contributed by atoms with Gasteiger partial charge in [0.25, 0.3) is 5.91 Å². The molecule has 0 bridgehead atoms. The van der Waals surface area contributed by atoms with E-state index in [0.717, 1.165) is 23.0 Å². The van der Waals surface area contributed by atoms with E-state index in [1.165, 1.54) is 12.1 Å². The molecule has 0 fully saturated rings. The number of hydrogen-bond donors (Lipinski definition) is 1. The monoisotopic (exact) mass is 384 g/mol. The normalized spacial score (nSPS) is 12.6. The first kappa shape index (κ1) is 18.8. The van der Waals surface area contributed by atoms with Crippen molar-refractivity contribution in [3.63, 3.8) is 0 Å². The number of nitrogens with zero attached hydrogens (tertiary/aromatic N) is 1. The summed E-state index contributed by atoms with van der Waals surface area (Å²) >= 11 is 0. The minimum Gasteiger partial charge on any atom is -0.497 e. The average molecular weight is 384 g/mol. The maximum Gasteiger partial charge on any atom is 0.270 e. The van der Waals surface area contributed by atoms with E-state index in [4.69, 9.17) is 4.74 Å². The Morgan fingerprint density at radius 3 is 2.41 bits per heavy atom. The van der Waals surface area contributed by atoms with Gasteiger partial charge < -0.3 is 10.1 Å². The molecule has 3 rings (SSSR count). The van der Waals surface area contributed by atoms with Crippen LogP contribution in [0.3, 0.4) is 0 Å². The standard InChI is InChI=1S/C20H20N2O4S/c1-13(14-4-8-17(9-5-14)27(3,24)25)21-20(23)19-10-6-15-12-16(26-2)7-11-18(15)22-19/h4-13H,1-3H3,(H,21,23).